The first-order chi connectivity index (χ1) is 6.87. The average Bonchev–Trinajstić information content (AvgIpc) is 2.93. The van der Waals surface area contributed by atoms with Crippen molar-refractivity contribution in [3.8, 4) is 0 Å². The molecule has 15 heavy (non-hydrogen) atoms. The zero-order chi connectivity index (χ0) is 11.5. The summed E-state index contributed by atoms with van der Waals surface area (Å²) in [4.78, 5) is 0. The summed E-state index contributed by atoms with van der Waals surface area (Å²) in [6, 6.07) is 0. The van der Waals surface area contributed by atoms with Crippen molar-refractivity contribution in [2.24, 2.45) is 11.3 Å². The van der Waals surface area contributed by atoms with Crippen molar-refractivity contribution < 1.29 is 17.9 Å². The van der Waals surface area contributed by atoms with Gasteiger partial charge < -0.3 is 4.74 Å². The molecule has 1 aliphatic carbocycles. The Morgan fingerprint density at radius 3 is 2.33 bits per heavy atom. The number of rotatable bonds is 6. The van der Waals surface area contributed by atoms with Crippen molar-refractivity contribution >= 4 is 11.6 Å². The lowest BCUT2D eigenvalue weighted by atomic mass is 9.84. The summed E-state index contributed by atoms with van der Waals surface area (Å²) in [6.07, 6.45) is -1.33. The number of hydrogen-bond acceptors (Lipinski definition) is 1. The van der Waals surface area contributed by atoms with E-state index in [2.05, 4.69) is 4.74 Å². The summed E-state index contributed by atoms with van der Waals surface area (Å²) < 4.78 is 39.9. The molecule has 1 nitrogen and oxygen atoms in total. The minimum atomic E-state index is -4.23. The zero-order valence-electron chi connectivity index (χ0n) is 8.74. The van der Waals surface area contributed by atoms with E-state index in [1.807, 2.05) is 6.92 Å². The summed E-state index contributed by atoms with van der Waals surface area (Å²) >= 11 is 5.83. The lowest BCUT2D eigenvalue weighted by Gasteiger charge is -2.26. The third kappa shape index (κ3) is 4.60. The van der Waals surface area contributed by atoms with E-state index >= 15 is 0 Å². The number of alkyl halides is 4. The van der Waals surface area contributed by atoms with Crippen molar-refractivity contribution in [1.82, 2.24) is 0 Å². The maximum atomic E-state index is 11.8. The Balaban J connectivity index is 2.18. The van der Waals surface area contributed by atoms with E-state index in [0.29, 0.717) is 18.2 Å². The van der Waals surface area contributed by atoms with Crippen LogP contribution in [-0.2, 0) is 4.74 Å². The van der Waals surface area contributed by atoms with Crippen LogP contribution in [0, 0.1) is 11.3 Å². The van der Waals surface area contributed by atoms with E-state index in [9.17, 15) is 13.2 Å². The molecule has 1 unspecified atom stereocenters. The highest BCUT2D eigenvalue weighted by molar-refractivity contribution is 6.18. The van der Waals surface area contributed by atoms with Gasteiger partial charge in [0.1, 0.15) is 6.61 Å². The highest BCUT2D eigenvalue weighted by atomic mass is 35.5. The largest absolute Gasteiger partial charge is 0.411 e. The summed E-state index contributed by atoms with van der Waals surface area (Å²) in [6.45, 7) is 1.00. The number of ether oxygens (including phenoxy) is 1. The molecule has 0 aromatic carbocycles. The van der Waals surface area contributed by atoms with Crippen LogP contribution in [0.3, 0.4) is 0 Å². The van der Waals surface area contributed by atoms with Crippen LogP contribution in [0.25, 0.3) is 0 Å². The van der Waals surface area contributed by atoms with Gasteiger partial charge in [0.05, 0.1) is 0 Å². The Hall–Kier alpha value is 0.0400. The predicted molar refractivity (Wildman–Crippen MR) is 53.0 cm³/mol. The van der Waals surface area contributed by atoms with E-state index in [1.54, 1.807) is 0 Å². The first-order valence-corrected chi connectivity index (χ1v) is 5.61. The van der Waals surface area contributed by atoms with Crippen LogP contribution < -0.4 is 0 Å². The molecule has 0 spiro atoms. The Morgan fingerprint density at radius 2 is 1.93 bits per heavy atom. The van der Waals surface area contributed by atoms with Crippen molar-refractivity contribution in [1.29, 1.82) is 0 Å². The minimum absolute atomic E-state index is 0.0485. The Kier molecular flexibility index (Phi) is 4.29. The predicted octanol–water partition coefficient (Wildman–Crippen LogP) is 3.61. The van der Waals surface area contributed by atoms with Crippen molar-refractivity contribution in [3.05, 3.63) is 0 Å². The second kappa shape index (κ2) is 4.91. The molecule has 0 amide bonds. The van der Waals surface area contributed by atoms with E-state index in [-0.39, 0.29) is 12.0 Å². The summed E-state index contributed by atoms with van der Waals surface area (Å²) in [7, 11) is 0. The molecule has 0 heterocycles. The molecule has 0 aliphatic heterocycles. The zero-order valence-corrected chi connectivity index (χ0v) is 9.50. The SMILES string of the molecule is CC(CCl)(CCOCC(F)(F)F)C1CC1. The molecule has 0 bridgehead atoms. The highest BCUT2D eigenvalue weighted by Crippen LogP contribution is 2.48. The Bertz CT molecular complexity index is 203. The smallest absolute Gasteiger partial charge is 0.372 e. The van der Waals surface area contributed by atoms with Gasteiger partial charge in [-0.1, -0.05) is 6.92 Å². The second-order valence-electron chi connectivity index (χ2n) is 4.48. The van der Waals surface area contributed by atoms with Crippen LogP contribution >= 0.6 is 11.6 Å². The van der Waals surface area contributed by atoms with E-state index in [4.69, 9.17) is 11.6 Å². The van der Waals surface area contributed by atoms with Crippen LogP contribution in [0.15, 0.2) is 0 Å². The van der Waals surface area contributed by atoms with Crippen LogP contribution in [0.4, 0.5) is 13.2 Å². The number of hydrogen-bond donors (Lipinski definition) is 0. The van der Waals surface area contributed by atoms with Gasteiger partial charge in [0, 0.05) is 12.5 Å². The monoisotopic (exact) mass is 244 g/mol. The Labute approximate surface area is 92.9 Å². The third-order valence-corrected chi connectivity index (χ3v) is 3.56. The lowest BCUT2D eigenvalue weighted by molar-refractivity contribution is -0.175. The maximum Gasteiger partial charge on any atom is 0.411 e. The standard InChI is InChI=1S/C10H16ClF3O/c1-9(6-11,8-2-3-8)4-5-15-7-10(12,13)14/h8H,2-7H2,1H3. The van der Waals surface area contributed by atoms with Crippen LogP contribution in [0.5, 0.6) is 0 Å². The van der Waals surface area contributed by atoms with E-state index in [0.717, 1.165) is 12.8 Å². The van der Waals surface area contributed by atoms with Crippen LogP contribution in [0.2, 0.25) is 0 Å². The lowest BCUT2D eigenvalue weighted by Crippen LogP contribution is -2.25. The van der Waals surface area contributed by atoms with Gasteiger partial charge in [-0.15, -0.1) is 11.6 Å². The molecule has 0 radical (unpaired) electrons. The van der Waals surface area contributed by atoms with Crippen molar-refractivity contribution in [2.45, 2.75) is 32.4 Å². The molecule has 90 valence electrons. The molecule has 0 saturated heterocycles. The summed E-state index contributed by atoms with van der Waals surface area (Å²) in [5, 5.41) is 0. The van der Waals surface area contributed by atoms with Gasteiger partial charge in [-0.2, -0.15) is 13.2 Å². The van der Waals surface area contributed by atoms with Crippen molar-refractivity contribution in [3.63, 3.8) is 0 Å². The second-order valence-corrected chi connectivity index (χ2v) is 4.75. The van der Waals surface area contributed by atoms with Crippen LogP contribution in [-0.4, -0.2) is 25.3 Å². The average molecular weight is 245 g/mol. The molecule has 5 heteroatoms. The highest BCUT2D eigenvalue weighted by Gasteiger charge is 2.40. The van der Waals surface area contributed by atoms with E-state index in [1.165, 1.54) is 0 Å². The van der Waals surface area contributed by atoms with Gasteiger partial charge in [0.2, 0.25) is 0 Å². The molecule has 1 aliphatic rings. The van der Waals surface area contributed by atoms with Gasteiger partial charge in [0.15, 0.2) is 0 Å². The van der Waals surface area contributed by atoms with Gasteiger partial charge in [-0.25, -0.2) is 0 Å². The Morgan fingerprint density at radius 1 is 1.33 bits per heavy atom. The molecule has 0 N–H and O–H groups in total. The summed E-state index contributed by atoms with van der Waals surface area (Å²) in [5.41, 5.74) is -0.0485. The molecular formula is C10H16ClF3O. The molecule has 1 saturated carbocycles. The quantitative estimate of drug-likeness (QED) is 0.512. The first kappa shape index (κ1) is 13.1. The third-order valence-electron chi connectivity index (χ3n) is 2.95. The molecule has 0 aromatic rings. The number of halogens is 4. The summed E-state index contributed by atoms with van der Waals surface area (Å²) in [5.74, 6) is 1.07. The van der Waals surface area contributed by atoms with Crippen molar-refractivity contribution in [2.75, 3.05) is 19.1 Å². The normalized spacial score (nSPS) is 21.4. The van der Waals surface area contributed by atoms with Gasteiger partial charge in [0.25, 0.3) is 0 Å². The van der Waals surface area contributed by atoms with Gasteiger partial charge in [-0.05, 0) is 30.6 Å². The van der Waals surface area contributed by atoms with Gasteiger partial charge >= 0.3 is 6.18 Å². The maximum absolute atomic E-state index is 11.8. The molecular weight excluding hydrogens is 229 g/mol. The fourth-order valence-electron chi connectivity index (χ4n) is 1.65. The molecule has 1 rings (SSSR count). The minimum Gasteiger partial charge on any atom is -0.372 e. The van der Waals surface area contributed by atoms with E-state index < -0.39 is 12.8 Å². The molecule has 1 fully saturated rings. The van der Waals surface area contributed by atoms with Gasteiger partial charge in [-0.3, -0.25) is 0 Å². The van der Waals surface area contributed by atoms with Crippen LogP contribution in [0.1, 0.15) is 26.2 Å². The molecule has 1 atom stereocenters. The fourth-order valence-corrected chi connectivity index (χ4v) is 2.01. The fraction of sp³-hybridized carbons (Fsp3) is 1.00. The molecule has 0 aromatic heterocycles. The first-order valence-electron chi connectivity index (χ1n) is 5.08. The topological polar surface area (TPSA) is 9.23 Å².